The Kier molecular flexibility index (Phi) is 5.34. The Hall–Kier alpha value is -2.69. The van der Waals surface area contributed by atoms with Crippen molar-refractivity contribution in [2.24, 2.45) is 5.92 Å². The smallest absolute Gasteiger partial charge is 0.277 e. The lowest BCUT2D eigenvalue weighted by atomic mass is 9.96. The van der Waals surface area contributed by atoms with Crippen molar-refractivity contribution < 1.29 is 9.72 Å². The topological polar surface area (TPSA) is 63.5 Å². The molecule has 1 amide bonds. The summed E-state index contributed by atoms with van der Waals surface area (Å²) in [7, 11) is 3.24. The van der Waals surface area contributed by atoms with E-state index in [1.54, 1.807) is 26.2 Å². The summed E-state index contributed by atoms with van der Waals surface area (Å²) in [5.41, 5.74) is 2.73. The molecule has 24 heavy (non-hydrogen) atoms. The van der Waals surface area contributed by atoms with Crippen molar-refractivity contribution in [3.63, 3.8) is 0 Å². The fourth-order valence-electron chi connectivity index (χ4n) is 2.66. The Morgan fingerprint density at radius 2 is 1.88 bits per heavy atom. The van der Waals surface area contributed by atoms with Gasteiger partial charge in [0.2, 0.25) is 0 Å². The van der Waals surface area contributed by atoms with E-state index in [4.69, 9.17) is 0 Å². The largest absolute Gasteiger partial charge is 0.345 e. The van der Waals surface area contributed by atoms with E-state index in [1.165, 1.54) is 11.0 Å². The molecule has 2 aromatic carbocycles. The van der Waals surface area contributed by atoms with Crippen LogP contribution in [0.4, 0.5) is 5.69 Å². The van der Waals surface area contributed by atoms with Gasteiger partial charge in [-0.2, -0.15) is 0 Å². The number of nitro groups is 1. The van der Waals surface area contributed by atoms with Gasteiger partial charge in [0.05, 0.1) is 10.5 Å². The van der Waals surface area contributed by atoms with E-state index in [0.717, 1.165) is 17.5 Å². The Balaban J connectivity index is 2.50. The van der Waals surface area contributed by atoms with Crippen LogP contribution in [0.15, 0.2) is 42.5 Å². The lowest BCUT2D eigenvalue weighted by Crippen LogP contribution is -2.21. The number of carbonyl (C=O) groups excluding carboxylic acids is 1. The zero-order valence-corrected chi connectivity index (χ0v) is 14.4. The van der Waals surface area contributed by atoms with Crippen molar-refractivity contribution in [1.82, 2.24) is 4.90 Å². The summed E-state index contributed by atoms with van der Waals surface area (Å²) in [5, 5.41) is 11.5. The van der Waals surface area contributed by atoms with Crippen LogP contribution in [0.2, 0.25) is 0 Å². The van der Waals surface area contributed by atoms with E-state index in [9.17, 15) is 14.9 Å². The van der Waals surface area contributed by atoms with Crippen LogP contribution in [0, 0.1) is 16.0 Å². The van der Waals surface area contributed by atoms with Crippen molar-refractivity contribution in [3.05, 3.63) is 63.7 Å². The van der Waals surface area contributed by atoms with Gasteiger partial charge in [0.15, 0.2) is 0 Å². The van der Waals surface area contributed by atoms with Gasteiger partial charge in [-0.15, -0.1) is 0 Å². The zero-order chi connectivity index (χ0) is 17.9. The summed E-state index contributed by atoms with van der Waals surface area (Å²) in [5.74, 6) is 0.258. The van der Waals surface area contributed by atoms with Gasteiger partial charge in [-0.3, -0.25) is 14.9 Å². The van der Waals surface area contributed by atoms with Crippen LogP contribution in [0.5, 0.6) is 0 Å². The van der Waals surface area contributed by atoms with Gasteiger partial charge in [-0.05, 0) is 35.6 Å². The molecule has 0 saturated heterocycles. The van der Waals surface area contributed by atoms with Gasteiger partial charge in [0, 0.05) is 25.7 Å². The minimum absolute atomic E-state index is 0.0515. The minimum Gasteiger partial charge on any atom is -0.345 e. The van der Waals surface area contributed by atoms with Crippen LogP contribution in [0.25, 0.3) is 11.1 Å². The van der Waals surface area contributed by atoms with Crippen LogP contribution < -0.4 is 0 Å². The third-order valence-electron chi connectivity index (χ3n) is 3.73. The summed E-state index contributed by atoms with van der Waals surface area (Å²) >= 11 is 0. The maximum Gasteiger partial charge on any atom is 0.277 e. The summed E-state index contributed by atoms with van der Waals surface area (Å²) in [4.78, 5) is 24.5. The molecule has 0 aliphatic carbocycles. The lowest BCUT2D eigenvalue weighted by molar-refractivity contribution is -0.384. The van der Waals surface area contributed by atoms with Crippen LogP contribution >= 0.6 is 0 Å². The summed E-state index contributed by atoms with van der Waals surface area (Å²) in [6, 6.07) is 12.4. The molecule has 0 bridgehead atoms. The number of nitro benzene ring substituents is 1. The van der Waals surface area contributed by atoms with Crippen LogP contribution in [0.3, 0.4) is 0 Å². The van der Waals surface area contributed by atoms with Gasteiger partial charge >= 0.3 is 0 Å². The molecule has 5 nitrogen and oxygen atoms in total. The summed E-state index contributed by atoms with van der Waals surface area (Å²) in [6.45, 7) is 4.27. The third-order valence-corrected chi connectivity index (χ3v) is 3.73. The van der Waals surface area contributed by atoms with E-state index in [-0.39, 0.29) is 11.6 Å². The number of hydrogen-bond donors (Lipinski definition) is 0. The normalized spacial score (nSPS) is 10.7. The Bertz CT molecular complexity index is 767. The van der Waals surface area contributed by atoms with E-state index >= 15 is 0 Å². The molecule has 0 N–H and O–H groups in total. The van der Waals surface area contributed by atoms with Gasteiger partial charge < -0.3 is 4.90 Å². The van der Waals surface area contributed by atoms with Gasteiger partial charge in [-0.1, -0.05) is 38.1 Å². The van der Waals surface area contributed by atoms with Crippen molar-refractivity contribution in [3.8, 4) is 11.1 Å². The Labute approximate surface area is 142 Å². The molecule has 0 atom stereocenters. The van der Waals surface area contributed by atoms with Gasteiger partial charge in [0.25, 0.3) is 11.6 Å². The number of rotatable bonds is 5. The molecule has 0 aliphatic heterocycles. The molecule has 0 unspecified atom stereocenters. The SMILES string of the molecule is CC(C)Cc1cccc(-c2ccc(C(=O)N(C)C)cc2[N+](=O)[O-])c1. The van der Waals surface area contributed by atoms with Crippen LogP contribution in [-0.4, -0.2) is 29.8 Å². The monoisotopic (exact) mass is 326 g/mol. The van der Waals surface area contributed by atoms with Gasteiger partial charge in [-0.25, -0.2) is 0 Å². The molecule has 126 valence electrons. The average Bonchev–Trinajstić information content (AvgIpc) is 2.53. The number of amides is 1. The average molecular weight is 326 g/mol. The predicted octanol–water partition coefficient (Wildman–Crippen LogP) is 4.16. The molecule has 2 aromatic rings. The number of nitrogens with zero attached hydrogens (tertiary/aromatic N) is 2. The molecular weight excluding hydrogens is 304 g/mol. The molecule has 0 radical (unpaired) electrons. The molecular formula is C19H22N2O3. The highest BCUT2D eigenvalue weighted by Gasteiger charge is 2.19. The van der Waals surface area contributed by atoms with E-state index in [0.29, 0.717) is 17.0 Å². The Morgan fingerprint density at radius 1 is 1.17 bits per heavy atom. The van der Waals surface area contributed by atoms with Crippen LogP contribution in [-0.2, 0) is 6.42 Å². The second-order valence-corrected chi connectivity index (χ2v) is 6.49. The van der Waals surface area contributed by atoms with Crippen molar-refractivity contribution in [2.75, 3.05) is 14.1 Å². The first kappa shape index (κ1) is 17.7. The van der Waals surface area contributed by atoms with Crippen molar-refractivity contribution >= 4 is 11.6 Å². The molecule has 0 fully saturated rings. The number of hydrogen-bond acceptors (Lipinski definition) is 3. The molecule has 0 saturated carbocycles. The fraction of sp³-hybridized carbons (Fsp3) is 0.316. The minimum atomic E-state index is -0.434. The molecule has 2 rings (SSSR count). The zero-order valence-electron chi connectivity index (χ0n) is 14.4. The molecule has 0 aromatic heterocycles. The fourth-order valence-corrected chi connectivity index (χ4v) is 2.66. The van der Waals surface area contributed by atoms with Crippen molar-refractivity contribution in [1.29, 1.82) is 0 Å². The first-order chi connectivity index (χ1) is 11.3. The second kappa shape index (κ2) is 7.25. The van der Waals surface area contributed by atoms with E-state index < -0.39 is 4.92 Å². The summed E-state index contributed by atoms with van der Waals surface area (Å²) < 4.78 is 0. The highest BCUT2D eigenvalue weighted by molar-refractivity contribution is 5.95. The maximum atomic E-state index is 12.0. The highest BCUT2D eigenvalue weighted by atomic mass is 16.6. The standard InChI is InChI=1S/C19H22N2O3/c1-13(2)10-14-6-5-7-15(11-14)17-9-8-16(19(22)20(3)4)12-18(17)21(23)24/h5-9,11-13H,10H2,1-4H3. The van der Waals surface area contributed by atoms with Crippen LogP contribution in [0.1, 0.15) is 29.8 Å². The predicted molar refractivity (Wildman–Crippen MR) is 95.1 cm³/mol. The molecule has 5 heteroatoms. The number of carbonyl (C=O) groups is 1. The maximum absolute atomic E-state index is 12.0. The lowest BCUT2D eigenvalue weighted by Gasteiger charge is -2.12. The quantitative estimate of drug-likeness (QED) is 0.612. The van der Waals surface area contributed by atoms with Crippen molar-refractivity contribution in [2.45, 2.75) is 20.3 Å². The number of benzene rings is 2. The van der Waals surface area contributed by atoms with E-state index in [2.05, 4.69) is 13.8 Å². The first-order valence-electron chi connectivity index (χ1n) is 7.89. The highest BCUT2D eigenvalue weighted by Crippen LogP contribution is 2.32. The summed E-state index contributed by atoms with van der Waals surface area (Å²) in [6.07, 6.45) is 0.916. The first-order valence-corrected chi connectivity index (χ1v) is 7.89. The second-order valence-electron chi connectivity index (χ2n) is 6.49. The van der Waals surface area contributed by atoms with E-state index in [1.807, 2.05) is 24.3 Å². The molecule has 0 aliphatic rings. The molecule has 0 heterocycles. The van der Waals surface area contributed by atoms with Gasteiger partial charge in [0.1, 0.15) is 0 Å². The molecule has 0 spiro atoms. The Morgan fingerprint density at radius 3 is 2.46 bits per heavy atom. The third kappa shape index (κ3) is 3.98.